The lowest BCUT2D eigenvalue weighted by Crippen LogP contribution is -2.28. The maximum Gasteiger partial charge on any atom is 0.161 e. The molecule has 1 atom stereocenters. The molecule has 0 amide bonds. The van der Waals surface area contributed by atoms with Gasteiger partial charge in [-0.25, -0.2) is 4.39 Å². The van der Waals surface area contributed by atoms with Gasteiger partial charge in [-0.2, -0.15) is 0 Å². The summed E-state index contributed by atoms with van der Waals surface area (Å²) in [6.07, 6.45) is 1.95. The van der Waals surface area contributed by atoms with Crippen molar-refractivity contribution in [2.75, 3.05) is 0 Å². The van der Waals surface area contributed by atoms with Crippen molar-refractivity contribution in [3.05, 3.63) is 58.9 Å². The number of aryl methyl sites for hydroxylation is 1. The Kier molecular flexibility index (Phi) is 5.28. The Labute approximate surface area is 149 Å². The quantitative estimate of drug-likeness (QED) is 0.828. The van der Waals surface area contributed by atoms with Gasteiger partial charge in [0.1, 0.15) is 5.82 Å². The van der Waals surface area contributed by atoms with Gasteiger partial charge in [-0.05, 0) is 74.6 Å². The molecule has 0 saturated heterocycles. The van der Waals surface area contributed by atoms with Crippen molar-refractivity contribution in [1.82, 2.24) is 4.90 Å². The highest BCUT2D eigenvalue weighted by Crippen LogP contribution is 2.30. The number of rotatable bonds is 6. The summed E-state index contributed by atoms with van der Waals surface area (Å²) in [5.74, 6) is 0.571. The zero-order chi connectivity index (χ0) is 18.0. The Morgan fingerprint density at radius 2 is 1.84 bits per heavy atom. The van der Waals surface area contributed by atoms with Crippen molar-refractivity contribution in [3.8, 4) is 11.5 Å². The van der Waals surface area contributed by atoms with Crippen molar-refractivity contribution in [1.29, 1.82) is 0 Å². The van der Waals surface area contributed by atoms with E-state index < -0.39 is 0 Å². The molecule has 2 aromatic carbocycles. The number of benzene rings is 2. The lowest BCUT2D eigenvalue weighted by atomic mass is 10.0. The third-order valence-corrected chi connectivity index (χ3v) is 4.78. The molecule has 0 bridgehead atoms. The lowest BCUT2D eigenvalue weighted by molar-refractivity contribution is 0.203. The van der Waals surface area contributed by atoms with Gasteiger partial charge in [0.25, 0.3) is 0 Å². The Morgan fingerprint density at radius 3 is 2.60 bits per heavy atom. The molecule has 0 saturated carbocycles. The second kappa shape index (κ2) is 7.44. The largest absolute Gasteiger partial charge is 0.504 e. The molecule has 0 spiro atoms. The van der Waals surface area contributed by atoms with Gasteiger partial charge in [0, 0.05) is 19.1 Å². The molecular weight excluding hydrogens is 317 g/mol. The minimum atomic E-state index is -0.157. The summed E-state index contributed by atoms with van der Waals surface area (Å²) >= 11 is 0. The molecule has 0 unspecified atom stereocenters. The Balaban J connectivity index is 1.59. The highest BCUT2D eigenvalue weighted by Gasteiger charge is 2.23. The maximum atomic E-state index is 13.4. The monoisotopic (exact) mass is 343 g/mol. The third-order valence-electron chi connectivity index (χ3n) is 4.78. The number of halogens is 1. The number of phenolic OH excluding ortho intramolecular Hbond substituents is 1. The lowest BCUT2D eigenvalue weighted by Gasteiger charge is -2.24. The fourth-order valence-corrected chi connectivity index (χ4v) is 3.32. The molecule has 0 aromatic heterocycles. The van der Waals surface area contributed by atoms with Crippen LogP contribution in [0.3, 0.4) is 0 Å². The summed E-state index contributed by atoms with van der Waals surface area (Å²) in [7, 11) is 0. The van der Waals surface area contributed by atoms with E-state index in [1.807, 2.05) is 32.0 Å². The fourth-order valence-electron chi connectivity index (χ4n) is 3.32. The number of fused-ring (bicyclic) bond motifs is 1. The van der Waals surface area contributed by atoms with Crippen LogP contribution < -0.4 is 4.74 Å². The van der Waals surface area contributed by atoms with E-state index in [4.69, 9.17) is 4.74 Å². The topological polar surface area (TPSA) is 32.7 Å². The molecule has 134 valence electrons. The van der Waals surface area contributed by atoms with Crippen molar-refractivity contribution in [2.45, 2.75) is 58.8 Å². The first-order valence-corrected chi connectivity index (χ1v) is 8.92. The molecule has 3 rings (SSSR count). The van der Waals surface area contributed by atoms with Crippen LogP contribution in [-0.2, 0) is 19.5 Å². The second-order valence-electron chi connectivity index (χ2n) is 7.17. The Hall–Kier alpha value is -2.07. The highest BCUT2D eigenvalue weighted by atomic mass is 19.1. The number of phenols is 1. The first-order valence-electron chi connectivity index (χ1n) is 8.92. The minimum Gasteiger partial charge on any atom is -0.504 e. The van der Waals surface area contributed by atoms with Crippen LogP contribution in [0.25, 0.3) is 0 Å². The van der Waals surface area contributed by atoms with Gasteiger partial charge in [0.2, 0.25) is 0 Å². The molecule has 1 aliphatic heterocycles. The van der Waals surface area contributed by atoms with Gasteiger partial charge in [0.15, 0.2) is 11.5 Å². The summed E-state index contributed by atoms with van der Waals surface area (Å²) in [6, 6.07) is 11.1. The smallest absolute Gasteiger partial charge is 0.161 e. The Bertz CT molecular complexity index is 745. The highest BCUT2D eigenvalue weighted by molar-refractivity contribution is 5.42. The molecule has 3 nitrogen and oxygen atoms in total. The summed E-state index contributed by atoms with van der Waals surface area (Å²) < 4.78 is 19.0. The predicted molar refractivity (Wildman–Crippen MR) is 97.3 cm³/mol. The van der Waals surface area contributed by atoms with Gasteiger partial charge >= 0.3 is 0 Å². The molecule has 0 fully saturated rings. The van der Waals surface area contributed by atoms with Crippen LogP contribution in [0.15, 0.2) is 36.4 Å². The van der Waals surface area contributed by atoms with E-state index in [0.717, 1.165) is 37.1 Å². The van der Waals surface area contributed by atoms with Crippen molar-refractivity contribution >= 4 is 0 Å². The minimum absolute atomic E-state index is 0.0311. The molecule has 25 heavy (non-hydrogen) atoms. The van der Waals surface area contributed by atoms with E-state index in [1.165, 1.54) is 5.56 Å². The summed E-state index contributed by atoms with van der Waals surface area (Å²) in [4.78, 5) is 2.38. The van der Waals surface area contributed by atoms with Crippen LogP contribution in [0, 0.1) is 5.82 Å². The van der Waals surface area contributed by atoms with Crippen molar-refractivity contribution in [3.63, 3.8) is 0 Å². The number of hydrogen-bond acceptors (Lipinski definition) is 3. The predicted octanol–water partition coefficient (Wildman–Crippen LogP) is 4.66. The van der Waals surface area contributed by atoms with Crippen LogP contribution in [0.4, 0.5) is 4.39 Å². The van der Waals surface area contributed by atoms with E-state index in [-0.39, 0.29) is 17.7 Å². The van der Waals surface area contributed by atoms with Crippen molar-refractivity contribution < 1.29 is 14.2 Å². The maximum absolute atomic E-state index is 13.4. The van der Waals surface area contributed by atoms with Gasteiger partial charge < -0.3 is 9.84 Å². The molecule has 4 heteroatoms. The number of ether oxygens (including phenoxy) is 1. The average molecular weight is 343 g/mol. The molecule has 0 aliphatic carbocycles. The fraction of sp³-hybridized carbons (Fsp3) is 0.429. The van der Waals surface area contributed by atoms with E-state index in [2.05, 4.69) is 11.8 Å². The summed E-state index contributed by atoms with van der Waals surface area (Å²) in [5, 5.41) is 9.89. The van der Waals surface area contributed by atoms with E-state index in [1.54, 1.807) is 18.2 Å². The van der Waals surface area contributed by atoms with Crippen LogP contribution >= 0.6 is 0 Å². The molecular formula is C21H26FNO2. The second-order valence-corrected chi connectivity index (χ2v) is 7.17. The first kappa shape index (κ1) is 17.7. The van der Waals surface area contributed by atoms with Crippen LogP contribution in [0.2, 0.25) is 0 Å². The van der Waals surface area contributed by atoms with Crippen LogP contribution in [0.5, 0.6) is 11.5 Å². The van der Waals surface area contributed by atoms with E-state index >= 15 is 0 Å². The summed E-state index contributed by atoms with van der Waals surface area (Å²) in [5.41, 5.74) is 3.48. The van der Waals surface area contributed by atoms with Crippen LogP contribution in [-0.4, -0.2) is 22.2 Å². The van der Waals surface area contributed by atoms with Gasteiger partial charge in [-0.15, -0.1) is 0 Å². The van der Waals surface area contributed by atoms with Gasteiger partial charge in [-0.3, -0.25) is 4.90 Å². The van der Waals surface area contributed by atoms with Crippen LogP contribution in [0.1, 0.15) is 43.9 Å². The molecule has 1 heterocycles. The SMILES string of the molecule is CC(C)Oc1cc(CC[C@@H](C)N2Cc3ccc(F)cc3C2)ccc1O. The van der Waals surface area contributed by atoms with E-state index in [9.17, 15) is 9.50 Å². The molecule has 2 aromatic rings. The molecule has 1 aliphatic rings. The zero-order valence-corrected chi connectivity index (χ0v) is 15.1. The normalized spacial score (nSPS) is 15.4. The van der Waals surface area contributed by atoms with Gasteiger partial charge in [-0.1, -0.05) is 12.1 Å². The standard InChI is InChI=1S/C21H26FNO2/c1-14(2)25-21-10-16(6-9-20(21)24)5-4-15(3)23-12-17-7-8-19(22)11-18(17)13-23/h6-11,14-15,24H,4-5,12-13H2,1-3H3/t15-/m1/s1. The summed E-state index contributed by atoms with van der Waals surface area (Å²) in [6.45, 7) is 7.80. The average Bonchev–Trinajstić information content (AvgIpc) is 2.98. The zero-order valence-electron chi connectivity index (χ0n) is 15.1. The molecule has 1 N–H and O–H groups in total. The van der Waals surface area contributed by atoms with E-state index in [0.29, 0.717) is 11.8 Å². The number of hydrogen-bond donors (Lipinski definition) is 1. The Morgan fingerprint density at radius 1 is 1.08 bits per heavy atom. The molecule has 0 radical (unpaired) electrons. The first-order chi connectivity index (χ1) is 11.9. The third kappa shape index (κ3) is 4.31. The van der Waals surface area contributed by atoms with Gasteiger partial charge in [0.05, 0.1) is 6.10 Å². The number of aromatic hydroxyl groups is 1. The number of nitrogens with zero attached hydrogens (tertiary/aromatic N) is 1. The van der Waals surface area contributed by atoms with Crippen molar-refractivity contribution in [2.24, 2.45) is 0 Å².